The number of amides is 2. The third-order valence-electron chi connectivity index (χ3n) is 3.57. The van der Waals surface area contributed by atoms with E-state index in [-0.39, 0.29) is 36.7 Å². The van der Waals surface area contributed by atoms with Crippen LogP contribution in [0.2, 0.25) is 0 Å². The van der Waals surface area contributed by atoms with E-state index in [0.29, 0.717) is 13.1 Å². The number of carbonyl (C=O) groups is 2. The van der Waals surface area contributed by atoms with Gasteiger partial charge in [0.15, 0.2) is 0 Å². The molecule has 5 nitrogen and oxygen atoms in total. The maximum absolute atomic E-state index is 12.1. The fraction of sp³-hybridized carbons (Fsp3) is 0.692. The molecule has 2 fully saturated rings. The minimum absolute atomic E-state index is 0. The lowest BCUT2D eigenvalue weighted by atomic mass is 10.1. The summed E-state index contributed by atoms with van der Waals surface area (Å²) < 4.78 is 0. The molecule has 1 unspecified atom stereocenters. The fourth-order valence-corrected chi connectivity index (χ4v) is 2.56. The molecule has 2 amide bonds. The number of likely N-dealkylation sites (tertiary alicyclic amines) is 1. The molecule has 2 aliphatic heterocycles. The first-order valence-corrected chi connectivity index (χ1v) is 6.63. The highest BCUT2D eigenvalue weighted by molar-refractivity contribution is 5.89. The van der Waals surface area contributed by atoms with Crippen LogP contribution < -0.4 is 5.32 Å². The summed E-state index contributed by atoms with van der Waals surface area (Å²) in [5, 5.41) is 3.14. The molecule has 0 saturated carbocycles. The first-order valence-electron chi connectivity index (χ1n) is 6.63. The zero-order chi connectivity index (χ0) is 13.0. The van der Waals surface area contributed by atoms with E-state index in [9.17, 15) is 9.59 Å². The number of hydrogen-bond acceptors (Lipinski definition) is 3. The number of nitrogens with zero attached hydrogens (tertiary/aromatic N) is 2. The Morgan fingerprint density at radius 2 is 2.05 bits per heavy atom. The van der Waals surface area contributed by atoms with Crippen LogP contribution in [0.5, 0.6) is 0 Å². The zero-order valence-corrected chi connectivity index (χ0v) is 12.0. The highest BCUT2D eigenvalue weighted by Crippen LogP contribution is 2.12. The molecule has 2 aliphatic rings. The molecule has 2 saturated heterocycles. The van der Waals surface area contributed by atoms with Crippen molar-refractivity contribution in [2.45, 2.75) is 25.3 Å². The number of piperazine rings is 1. The quantitative estimate of drug-likeness (QED) is 0.762. The number of carbonyl (C=O) groups excluding carboxylic acids is 2. The molecule has 0 radical (unpaired) electrons. The summed E-state index contributed by atoms with van der Waals surface area (Å²) in [5.74, 6) is 0.118. The third-order valence-corrected chi connectivity index (χ3v) is 3.57. The Balaban J connectivity index is 0.00000180. The van der Waals surface area contributed by atoms with Crippen LogP contribution in [0, 0.1) is 0 Å². The van der Waals surface area contributed by atoms with Gasteiger partial charge in [-0.15, -0.1) is 19.0 Å². The highest BCUT2D eigenvalue weighted by atomic mass is 35.5. The Kier molecular flexibility index (Phi) is 6.31. The van der Waals surface area contributed by atoms with E-state index in [1.807, 2.05) is 4.90 Å². The molecule has 2 rings (SSSR count). The summed E-state index contributed by atoms with van der Waals surface area (Å²) in [5.41, 5.74) is 0. The maximum Gasteiger partial charge on any atom is 0.240 e. The maximum atomic E-state index is 12.1. The van der Waals surface area contributed by atoms with Gasteiger partial charge in [0.1, 0.15) is 0 Å². The summed E-state index contributed by atoms with van der Waals surface area (Å²) in [6, 6.07) is -0.355. The van der Waals surface area contributed by atoms with Crippen molar-refractivity contribution in [1.29, 1.82) is 0 Å². The Morgan fingerprint density at radius 1 is 1.37 bits per heavy atom. The molecule has 0 aromatic rings. The van der Waals surface area contributed by atoms with Gasteiger partial charge in [-0.05, 0) is 12.8 Å². The summed E-state index contributed by atoms with van der Waals surface area (Å²) in [6.07, 6.45) is 4.18. The van der Waals surface area contributed by atoms with Gasteiger partial charge in [0.2, 0.25) is 11.8 Å². The topological polar surface area (TPSA) is 52.7 Å². The van der Waals surface area contributed by atoms with E-state index in [1.54, 1.807) is 11.0 Å². The predicted octanol–water partition coefficient (Wildman–Crippen LogP) is 0.407. The van der Waals surface area contributed by atoms with Crippen molar-refractivity contribution in [2.24, 2.45) is 0 Å². The lowest BCUT2D eigenvalue weighted by molar-refractivity contribution is -0.140. The van der Waals surface area contributed by atoms with Gasteiger partial charge in [0, 0.05) is 32.7 Å². The molecule has 0 bridgehead atoms. The van der Waals surface area contributed by atoms with Gasteiger partial charge in [-0.3, -0.25) is 9.59 Å². The van der Waals surface area contributed by atoms with Gasteiger partial charge in [-0.1, -0.05) is 6.08 Å². The van der Waals surface area contributed by atoms with Crippen molar-refractivity contribution in [3.8, 4) is 0 Å². The number of halogens is 1. The van der Waals surface area contributed by atoms with Crippen molar-refractivity contribution in [2.75, 3.05) is 32.7 Å². The SMILES string of the molecule is C=CCN1CCNC(CC(=O)N2CCCC2)C1=O.Cl. The van der Waals surface area contributed by atoms with E-state index in [0.717, 1.165) is 32.5 Å². The van der Waals surface area contributed by atoms with Gasteiger partial charge >= 0.3 is 0 Å². The van der Waals surface area contributed by atoms with Crippen molar-refractivity contribution in [3.63, 3.8) is 0 Å². The van der Waals surface area contributed by atoms with Crippen LogP contribution in [-0.2, 0) is 9.59 Å². The number of nitrogens with one attached hydrogen (secondary N) is 1. The molecular formula is C13H22ClN3O2. The fourth-order valence-electron chi connectivity index (χ4n) is 2.56. The second-order valence-electron chi connectivity index (χ2n) is 4.87. The van der Waals surface area contributed by atoms with Crippen LogP contribution >= 0.6 is 12.4 Å². The van der Waals surface area contributed by atoms with E-state index in [2.05, 4.69) is 11.9 Å². The van der Waals surface area contributed by atoms with Crippen molar-refractivity contribution in [3.05, 3.63) is 12.7 Å². The van der Waals surface area contributed by atoms with Crippen LogP contribution in [-0.4, -0.2) is 60.4 Å². The van der Waals surface area contributed by atoms with Crippen molar-refractivity contribution >= 4 is 24.2 Å². The number of hydrogen-bond donors (Lipinski definition) is 1. The zero-order valence-electron chi connectivity index (χ0n) is 11.1. The Morgan fingerprint density at radius 3 is 2.68 bits per heavy atom. The summed E-state index contributed by atoms with van der Waals surface area (Å²) >= 11 is 0. The Labute approximate surface area is 120 Å². The van der Waals surface area contributed by atoms with Crippen LogP contribution in [0.3, 0.4) is 0 Å². The summed E-state index contributed by atoms with van der Waals surface area (Å²) in [6.45, 7) is 7.34. The predicted molar refractivity (Wildman–Crippen MR) is 76.2 cm³/mol. The van der Waals surface area contributed by atoms with Crippen LogP contribution in [0.25, 0.3) is 0 Å². The molecule has 6 heteroatoms. The first-order chi connectivity index (χ1) is 8.72. The second kappa shape index (κ2) is 7.50. The molecule has 19 heavy (non-hydrogen) atoms. The van der Waals surface area contributed by atoms with E-state index < -0.39 is 0 Å². The average Bonchev–Trinajstić information content (AvgIpc) is 2.88. The van der Waals surface area contributed by atoms with Gasteiger partial charge in [-0.2, -0.15) is 0 Å². The molecule has 0 aromatic carbocycles. The molecule has 0 aliphatic carbocycles. The molecule has 1 N–H and O–H groups in total. The molecular weight excluding hydrogens is 266 g/mol. The standard InChI is InChI=1S/C13H21N3O2.ClH/c1-2-6-16-9-5-14-11(13(16)18)10-12(17)15-7-3-4-8-15;/h2,11,14H,1,3-10H2;1H. The third kappa shape index (κ3) is 3.94. The average molecular weight is 288 g/mol. The van der Waals surface area contributed by atoms with Crippen molar-refractivity contribution < 1.29 is 9.59 Å². The Bertz CT molecular complexity index is 343. The molecule has 1 atom stereocenters. The van der Waals surface area contributed by atoms with E-state index in [1.165, 1.54) is 0 Å². The van der Waals surface area contributed by atoms with Crippen LogP contribution in [0.4, 0.5) is 0 Å². The molecule has 0 aromatic heterocycles. The van der Waals surface area contributed by atoms with E-state index >= 15 is 0 Å². The lowest BCUT2D eigenvalue weighted by Gasteiger charge is -2.32. The second-order valence-corrected chi connectivity index (χ2v) is 4.87. The van der Waals surface area contributed by atoms with E-state index in [4.69, 9.17) is 0 Å². The minimum atomic E-state index is -0.355. The molecule has 108 valence electrons. The normalized spacial score (nSPS) is 23.2. The lowest BCUT2D eigenvalue weighted by Crippen LogP contribution is -2.56. The highest BCUT2D eigenvalue weighted by Gasteiger charge is 2.31. The Hall–Kier alpha value is -1.07. The molecule has 0 spiro atoms. The molecule has 2 heterocycles. The summed E-state index contributed by atoms with van der Waals surface area (Å²) in [7, 11) is 0. The number of rotatable bonds is 4. The summed E-state index contributed by atoms with van der Waals surface area (Å²) in [4.78, 5) is 27.7. The minimum Gasteiger partial charge on any atom is -0.343 e. The monoisotopic (exact) mass is 287 g/mol. The van der Waals surface area contributed by atoms with Crippen LogP contribution in [0.1, 0.15) is 19.3 Å². The largest absolute Gasteiger partial charge is 0.343 e. The smallest absolute Gasteiger partial charge is 0.240 e. The van der Waals surface area contributed by atoms with Gasteiger partial charge in [0.05, 0.1) is 12.5 Å². The van der Waals surface area contributed by atoms with Crippen LogP contribution in [0.15, 0.2) is 12.7 Å². The van der Waals surface area contributed by atoms with Gasteiger partial charge in [0.25, 0.3) is 0 Å². The van der Waals surface area contributed by atoms with Gasteiger partial charge < -0.3 is 15.1 Å². The first kappa shape index (κ1) is 16.0. The van der Waals surface area contributed by atoms with Crippen molar-refractivity contribution in [1.82, 2.24) is 15.1 Å². The van der Waals surface area contributed by atoms with Gasteiger partial charge in [-0.25, -0.2) is 0 Å².